The molecule has 0 bridgehead atoms. The minimum Gasteiger partial charge on any atom is -0.382 e. The van der Waals surface area contributed by atoms with Crippen LogP contribution in [0.3, 0.4) is 0 Å². The lowest BCUT2D eigenvalue weighted by atomic mass is 10.1. The molecule has 0 saturated heterocycles. The Morgan fingerprint density at radius 1 is 1.35 bits per heavy atom. The first kappa shape index (κ1) is 14.9. The molecule has 2 heterocycles. The van der Waals surface area contributed by atoms with E-state index in [1.807, 2.05) is 32.0 Å². The zero-order chi connectivity index (χ0) is 16.6. The number of nitrogens with two attached hydrogens (primary N) is 1. The molecule has 0 aliphatic heterocycles. The Kier molecular flexibility index (Phi) is 3.68. The Labute approximate surface area is 136 Å². The van der Waals surface area contributed by atoms with Gasteiger partial charge in [-0.15, -0.1) is 11.3 Å². The second-order valence-electron chi connectivity index (χ2n) is 5.12. The molecule has 0 aliphatic rings. The molecule has 0 fully saturated rings. The minimum atomic E-state index is -0.391. The van der Waals surface area contributed by atoms with Gasteiger partial charge in [-0.3, -0.25) is 4.79 Å². The summed E-state index contributed by atoms with van der Waals surface area (Å²) in [6.45, 7) is 4.04. The Morgan fingerprint density at radius 2 is 2.13 bits per heavy atom. The number of hydrogen-bond donors (Lipinski definition) is 1. The van der Waals surface area contributed by atoms with Crippen LogP contribution in [0, 0.1) is 25.2 Å². The number of nitrogen functional groups attached to an aromatic ring is 1. The van der Waals surface area contributed by atoms with Crippen molar-refractivity contribution in [3.8, 4) is 16.6 Å². The van der Waals surface area contributed by atoms with Gasteiger partial charge in [0.15, 0.2) is 0 Å². The standard InChI is InChI=1S/C16H13N5OS/c1-9-3-4-12(10(2)5-9)15-19-8-13(23-15)16(22)21-14(18)11(6-17)7-20-21/h3-5,7-8H,18H2,1-2H3. The molecule has 3 rings (SSSR count). The highest BCUT2D eigenvalue weighted by atomic mass is 32.1. The van der Waals surface area contributed by atoms with E-state index in [4.69, 9.17) is 11.0 Å². The Morgan fingerprint density at radius 3 is 2.78 bits per heavy atom. The summed E-state index contributed by atoms with van der Waals surface area (Å²) in [4.78, 5) is 17.2. The number of aromatic nitrogens is 3. The van der Waals surface area contributed by atoms with Crippen molar-refractivity contribution in [3.05, 3.63) is 52.2 Å². The molecule has 7 heteroatoms. The van der Waals surface area contributed by atoms with Gasteiger partial charge in [0.1, 0.15) is 27.3 Å². The molecule has 0 amide bonds. The van der Waals surface area contributed by atoms with Gasteiger partial charge in [-0.05, 0) is 19.4 Å². The van der Waals surface area contributed by atoms with Crippen LogP contribution in [0.5, 0.6) is 0 Å². The fourth-order valence-corrected chi connectivity index (χ4v) is 3.19. The smallest absolute Gasteiger partial charge is 0.291 e. The summed E-state index contributed by atoms with van der Waals surface area (Å²) in [6, 6.07) is 7.97. The molecule has 6 nitrogen and oxygen atoms in total. The van der Waals surface area contributed by atoms with Gasteiger partial charge in [0, 0.05) is 5.56 Å². The molecule has 1 aromatic carbocycles. The first-order valence-corrected chi connectivity index (χ1v) is 7.64. The molecule has 23 heavy (non-hydrogen) atoms. The number of anilines is 1. The Hall–Kier alpha value is -2.98. The number of thiazole rings is 1. The molecule has 0 aliphatic carbocycles. The van der Waals surface area contributed by atoms with Gasteiger partial charge >= 0.3 is 0 Å². The minimum absolute atomic E-state index is 0.0407. The van der Waals surface area contributed by atoms with Crippen LogP contribution in [-0.2, 0) is 0 Å². The van der Waals surface area contributed by atoms with Crippen molar-refractivity contribution in [2.24, 2.45) is 0 Å². The van der Waals surface area contributed by atoms with Gasteiger partial charge in [0.25, 0.3) is 5.91 Å². The highest BCUT2D eigenvalue weighted by Crippen LogP contribution is 2.29. The number of aryl methyl sites for hydroxylation is 2. The van der Waals surface area contributed by atoms with Crippen LogP contribution in [0.4, 0.5) is 5.82 Å². The highest BCUT2D eigenvalue weighted by Gasteiger charge is 2.19. The summed E-state index contributed by atoms with van der Waals surface area (Å²) >= 11 is 1.27. The molecule has 0 spiro atoms. The number of carbonyl (C=O) groups is 1. The summed E-state index contributed by atoms with van der Waals surface area (Å²) in [5.74, 6) is -0.350. The van der Waals surface area contributed by atoms with E-state index in [2.05, 4.69) is 16.1 Å². The van der Waals surface area contributed by atoms with Crippen LogP contribution >= 0.6 is 11.3 Å². The van der Waals surface area contributed by atoms with Crippen molar-refractivity contribution in [3.63, 3.8) is 0 Å². The molecule has 0 radical (unpaired) electrons. The maximum absolute atomic E-state index is 12.5. The Bertz CT molecular complexity index is 948. The van der Waals surface area contributed by atoms with E-state index in [1.165, 1.54) is 29.3 Å². The fraction of sp³-hybridized carbons (Fsp3) is 0.125. The normalized spacial score (nSPS) is 10.5. The van der Waals surface area contributed by atoms with Gasteiger partial charge in [-0.2, -0.15) is 15.0 Å². The van der Waals surface area contributed by atoms with E-state index in [1.54, 1.807) is 0 Å². The molecule has 0 saturated carbocycles. The van der Waals surface area contributed by atoms with E-state index in [0.717, 1.165) is 20.8 Å². The molecule has 3 aromatic rings. The van der Waals surface area contributed by atoms with Crippen LogP contribution in [-0.4, -0.2) is 20.7 Å². The van der Waals surface area contributed by atoms with Crippen LogP contribution in [0.25, 0.3) is 10.6 Å². The summed E-state index contributed by atoms with van der Waals surface area (Å²) in [6.07, 6.45) is 2.79. The third kappa shape index (κ3) is 2.60. The molecular formula is C16H13N5OS. The van der Waals surface area contributed by atoms with Crippen LogP contribution in [0.1, 0.15) is 26.4 Å². The number of nitrogens with zero attached hydrogens (tertiary/aromatic N) is 4. The second-order valence-corrected chi connectivity index (χ2v) is 6.15. The van der Waals surface area contributed by atoms with Crippen molar-refractivity contribution in [1.82, 2.24) is 14.8 Å². The van der Waals surface area contributed by atoms with Crippen molar-refractivity contribution in [1.29, 1.82) is 5.26 Å². The molecule has 2 aromatic heterocycles. The molecule has 0 unspecified atom stereocenters. The lowest BCUT2D eigenvalue weighted by Gasteiger charge is -2.03. The SMILES string of the molecule is Cc1ccc(-c2ncc(C(=O)n3ncc(C#N)c3N)s2)c(C)c1. The third-order valence-corrected chi connectivity index (χ3v) is 4.47. The largest absolute Gasteiger partial charge is 0.382 e. The average molecular weight is 323 g/mol. The lowest BCUT2D eigenvalue weighted by molar-refractivity contribution is 0.0952. The molecule has 2 N–H and O–H groups in total. The van der Waals surface area contributed by atoms with Gasteiger partial charge in [0.2, 0.25) is 0 Å². The second kappa shape index (κ2) is 5.66. The monoisotopic (exact) mass is 323 g/mol. The quantitative estimate of drug-likeness (QED) is 0.782. The number of hydrogen-bond acceptors (Lipinski definition) is 6. The van der Waals surface area contributed by atoms with E-state index >= 15 is 0 Å². The lowest BCUT2D eigenvalue weighted by Crippen LogP contribution is -2.15. The fourth-order valence-electron chi connectivity index (χ4n) is 2.26. The average Bonchev–Trinajstić information content (AvgIpc) is 3.13. The predicted octanol–water partition coefficient (Wildman–Crippen LogP) is 2.77. The van der Waals surface area contributed by atoms with Gasteiger partial charge < -0.3 is 5.73 Å². The summed E-state index contributed by atoms with van der Waals surface area (Å²) in [7, 11) is 0. The van der Waals surface area contributed by atoms with Gasteiger partial charge in [0.05, 0.1) is 12.4 Å². The summed E-state index contributed by atoms with van der Waals surface area (Å²) in [5, 5.41) is 13.5. The molecule has 0 atom stereocenters. The van der Waals surface area contributed by atoms with E-state index in [9.17, 15) is 4.79 Å². The topological polar surface area (TPSA) is 97.6 Å². The molecule has 114 valence electrons. The third-order valence-electron chi connectivity index (χ3n) is 3.45. The summed E-state index contributed by atoms with van der Waals surface area (Å²) in [5.41, 5.74) is 9.20. The van der Waals surface area contributed by atoms with Crippen molar-refractivity contribution in [2.75, 3.05) is 5.73 Å². The number of carbonyl (C=O) groups excluding carboxylic acids is 1. The zero-order valence-corrected chi connectivity index (χ0v) is 13.4. The van der Waals surface area contributed by atoms with Crippen molar-refractivity contribution in [2.45, 2.75) is 13.8 Å². The number of rotatable bonds is 2. The summed E-state index contributed by atoms with van der Waals surface area (Å²) < 4.78 is 1.03. The predicted molar refractivity (Wildman–Crippen MR) is 88.1 cm³/mol. The maximum atomic E-state index is 12.5. The van der Waals surface area contributed by atoms with E-state index < -0.39 is 5.91 Å². The first-order valence-electron chi connectivity index (χ1n) is 6.83. The van der Waals surface area contributed by atoms with Crippen LogP contribution in [0.15, 0.2) is 30.6 Å². The number of benzene rings is 1. The van der Waals surface area contributed by atoms with Gasteiger partial charge in [-0.25, -0.2) is 4.98 Å². The van der Waals surface area contributed by atoms with Crippen molar-refractivity contribution >= 4 is 23.1 Å². The zero-order valence-electron chi connectivity index (χ0n) is 12.6. The van der Waals surface area contributed by atoms with Crippen LogP contribution < -0.4 is 5.73 Å². The first-order chi connectivity index (χ1) is 11.0. The van der Waals surface area contributed by atoms with E-state index in [0.29, 0.717) is 4.88 Å². The van der Waals surface area contributed by atoms with Gasteiger partial charge in [-0.1, -0.05) is 23.8 Å². The number of nitriles is 1. The maximum Gasteiger partial charge on any atom is 0.291 e. The highest BCUT2D eigenvalue weighted by molar-refractivity contribution is 7.16. The van der Waals surface area contributed by atoms with Crippen LogP contribution in [0.2, 0.25) is 0 Å². The van der Waals surface area contributed by atoms with Crippen molar-refractivity contribution < 1.29 is 4.79 Å². The van der Waals surface area contributed by atoms with E-state index in [-0.39, 0.29) is 11.4 Å². The Balaban J connectivity index is 1.97. The molecular weight excluding hydrogens is 310 g/mol.